The maximum Gasteiger partial charge on any atom is 0.350 e. The third-order valence-corrected chi connectivity index (χ3v) is 6.35. The van der Waals surface area contributed by atoms with Crippen molar-refractivity contribution in [2.75, 3.05) is 18.2 Å². The first-order chi connectivity index (χ1) is 13.8. The lowest BCUT2D eigenvalue weighted by atomic mass is 10.1. The summed E-state index contributed by atoms with van der Waals surface area (Å²) >= 11 is 1.20. The standard InChI is InChI=1S/C21H19NO5S2/c1-3-27-21(24)19-16(13-17(28-19)14-9-5-4-6-10-14)22-20(23)15-11-7-8-12-18(15)29(2,25)26/h4-13H,3H2,1-2H3,(H,22,23). The molecule has 0 fully saturated rings. The SMILES string of the molecule is CCOC(=O)c1sc(-c2ccccc2)cc1NC(=O)c1ccccc1S(C)(=O)=O. The molecule has 0 aliphatic heterocycles. The highest BCUT2D eigenvalue weighted by Crippen LogP contribution is 2.35. The van der Waals surface area contributed by atoms with Crippen molar-refractivity contribution in [3.05, 3.63) is 71.1 Å². The van der Waals surface area contributed by atoms with E-state index in [1.165, 1.54) is 23.5 Å². The molecule has 0 aliphatic carbocycles. The van der Waals surface area contributed by atoms with Crippen LogP contribution in [0.1, 0.15) is 27.0 Å². The molecule has 0 saturated carbocycles. The summed E-state index contributed by atoms with van der Waals surface area (Å²) in [6.07, 6.45) is 1.04. The summed E-state index contributed by atoms with van der Waals surface area (Å²) in [5.41, 5.74) is 1.18. The average molecular weight is 430 g/mol. The van der Waals surface area contributed by atoms with E-state index >= 15 is 0 Å². The summed E-state index contributed by atoms with van der Waals surface area (Å²) in [6, 6.07) is 17.0. The third kappa shape index (κ3) is 4.72. The molecule has 29 heavy (non-hydrogen) atoms. The van der Waals surface area contributed by atoms with E-state index in [2.05, 4.69) is 5.32 Å². The van der Waals surface area contributed by atoms with E-state index in [1.807, 2.05) is 30.3 Å². The van der Waals surface area contributed by atoms with Crippen molar-refractivity contribution in [2.45, 2.75) is 11.8 Å². The van der Waals surface area contributed by atoms with E-state index in [0.29, 0.717) is 0 Å². The normalized spacial score (nSPS) is 11.1. The zero-order valence-electron chi connectivity index (χ0n) is 15.8. The number of benzene rings is 2. The number of carbonyl (C=O) groups is 2. The molecule has 1 aromatic heterocycles. The quantitative estimate of drug-likeness (QED) is 0.592. The number of nitrogens with one attached hydrogen (secondary N) is 1. The number of carbonyl (C=O) groups excluding carboxylic acids is 2. The van der Waals surface area contributed by atoms with E-state index in [1.54, 1.807) is 25.1 Å². The van der Waals surface area contributed by atoms with Crippen molar-refractivity contribution in [3.63, 3.8) is 0 Å². The molecule has 8 heteroatoms. The Morgan fingerprint density at radius 1 is 1.03 bits per heavy atom. The fourth-order valence-corrected chi connectivity index (χ4v) is 4.64. The van der Waals surface area contributed by atoms with Crippen LogP contribution in [0.2, 0.25) is 0 Å². The van der Waals surface area contributed by atoms with Crippen molar-refractivity contribution in [1.29, 1.82) is 0 Å². The van der Waals surface area contributed by atoms with E-state index in [9.17, 15) is 18.0 Å². The number of amides is 1. The molecule has 0 bridgehead atoms. The van der Waals surface area contributed by atoms with E-state index < -0.39 is 21.7 Å². The first-order valence-electron chi connectivity index (χ1n) is 8.78. The largest absolute Gasteiger partial charge is 0.462 e. The molecule has 0 spiro atoms. The minimum absolute atomic E-state index is 0.0114. The van der Waals surface area contributed by atoms with Gasteiger partial charge in [0.2, 0.25) is 0 Å². The molecule has 2 aromatic carbocycles. The lowest BCUT2D eigenvalue weighted by molar-refractivity contribution is 0.0533. The molecule has 1 amide bonds. The summed E-state index contributed by atoms with van der Waals surface area (Å²) in [6.45, 7) is 1.89. The van der Waals surface area contributed by atoms with Gasteiger partial charge >= 0.3 is 5.97 Å². The Bertz CT molecular complexity index is 1150. The number of hydrogen-bond donors (Lipinski definition) is 1. The lowest BCUT2D eigenvalue weighted by Gasteiger charge is -2.09. The lowest BCUT2D eigenvalue weighted by Crippen LogP contribution is -2.17. The zero-order valence-corrected chi connectivity index (χ0v) is 17.5. The van der Waals surface area contributed by atoms with Gasteiger partial charge in [-0.15, -0.1) is 11.3 Å². The number of anilines is 1. The van der Waals surface area contributed by atoms with Crippen LogP contribution in [0.5, 0.6) is 0 Å². The molecule has 1 heterocycles. The average Bonchev–Trinajstić information content (AvgIpc) is 3.12. The number of sulfone groups is 1. The first-order valence-corrected chi connectivity index (χ1v) is 11.5. The molecule has 0 aliphatic rings. The molecule has 0 atom stereocenters. The number of hydrogen-bond acceptors (Lipinski definition) is 6. The maximum atomic E-state index is 12.8. The topological polar surface area (TPSA) is 89.5 Å². The zero-order chi connectivity index (χ0) is 21.0. The number of rotatable bonds is 6. The van der Waals surface area contributed by atoms with E-state index in [-0.39, 0.29) is 27.6 Å². The van der Waals surface area contributed by atoms with Gasteiger partial charge in [0.05, 0.1) is 22.8 Å². The van der Waals surface area contributed by atoms with Gasteiger partial charge in [0, 0.05) is 11.1 Å². The molecular weight excluding hydrogens is 410 g/mol. The van der Waals surface area contributed by atoms with Gasteiger partial charge in [-0.2, -0.15) is 0 Å². The van der Waals surface area contributed by atoms with Gasteiger partial charge in [-0.05, 0) is 30.7 Å². The number of esters is 1. The molecule has 1 N–H and O–H groups in total. The van der Waals surface area contributed by atoms with Crippen LogP contribution in [-0.2, 0) is 14.6 Å². The summed E-state index contributed by atoms with van der Waals surface area (Å²) in [5, 5.41) is 2.67. The van der Waals surface area contributed by atoms with Crippen molar-refractivity contribution in [2.24, 2.45) is 0 Å². The Balaban J connectivity index is 2.01. The van der Waals surface area contributed by atoms with Gasteiger partial charge < -0.3 is 10.1 Å². The maximum absolute atomic E-state index is 12.8. The van der Waals surface area contributed by atoms with Crippen LogP contribution in [0.15, 0.2) is 65.6 Å². The van der Waals surface area contributed by atoms with Crippen LogP contribution < -0.4 is 5.32 Å². The van der Waals surface area contributed by atoms with Gasteiger partial charge in [0.1, 0.15) is 4.88 Å². The van der Waals surface area contributed by atoms with Gasteiger partial charge in [0.15, 0.2) is 9.84 Å². The second-order valence-corrected chi connectivity index (χ2v) is 9.20. The molecule has 150 valence electrons. The predicted octanol–water partition coefficient (Wildman–Crippen LogP) is 4.25. The monoisotopic (exact) mass is 429 g/mol. The molecular formula is C21H19NO5S2. The Morgan fingerprint density at radius 3 is 2.34 bits per heavy atom. The third-order valence-electron chi connectivity index (χ3n) is 4.03. The van der Waals surface area contributed by atoms with Crippen LogP contribution in [0, 0.1) is 0 Å². The van der Waals surface area contributed by atoms with Crippen LogP contribution >= 0.6 is 11.3 Å². The summed E-state index contributed by atoms with van der Waals surface area (Å²) in [4.78, 5) is 26.2. The van der Waals surface area contributed by atoms with Crippen LogP contribution in [-0.4, -0.2) is 33.2 Å². The van der Waals surface area contributed by atoms with Crippen LogP contribution in [0.4, 0.5) is 5.69 Å². The minimum Gasteiger partial charge on any atom is -0.462 e. The van der Waals surface area contributed by atoms with Gasteiger partial charge in [0.25, 0.3) is 5.91 Å². The second-order valence-electron chi connectivity index (χ2n) is 6.16. The van der Waals surface area contributed by atoms with Crippen molar-refractivity contribution in [1.82, 2.24) is 0 Å². The minimum atomic E-state index is -3.59. The molecule has 3 rings (SSSR count). The molecule has 0 saturated heterocycles. The molecule has 0 radical (unpaired) electrons. The fourth-order valence-electron chi connectivity index (χ4n) is 2.74. The number of thiophene rings is 1. The summed E-state index contributed by atoms with van der Waals surface area (Å²) < 4.78 is 29.1. The van der Waals surface area contributed by atoms with Gasteiger partial charge in [-0.1, -0.05) is 42.5 Å². The Labute approximate surface area is 173 Å². The van der Waals surface area contributed by atoms with Gasteiger partial charge in [-0.25, -0.2) is 13.2 Å². The Morgan fingerprint density at radius 2 is 1.69 bits per heavy atom. The molecule has 0 unspecified atom stereocenters. The van der Waals surface area contributed by atoms with Crippen LogP contribution in [0.3, 0.4) is 0 Å². The Hall–Kier alpha value is -2.97. The highest BCUT2D eigenvalue weighted by atomic mass is 32.2. The van der Waals surface area contributed by atoms with Crippen molar-refractivity contribution >= 4 is 38.7 Å². The first kappa shape index (κ1) is 20.8. The predicted molar refractivity (Wildman–Crippen MR) is 113 cm³/mol. The van der Waals surface area contributed by atoms with Crippen molar-refractivity contribution < 1.29 is 22.7 Å². The summed E-state index contributed by atoms with van der Waals surface area (Å²) in [5.74, 6) is -1.17. The Kier molecular flexibility index (Phi) is 6.14. The van der Waals surface area contributed by atoms with E-state index in [0.717, 1.165) is 16.7 Å². The van der Waals surface area contributed by atoms with Gasteiger partial charge in [-0.3, -0.25) is 4.79 Å². The van der Waals surface area contributed by atoms with Crippen molar-refractivity contribution in [3.8, 4) is 10.4 Å². The smallest absolute Gasteiger partial charge is 0.350 e. The fraction of sp³-hybridized carbons (Fsp3) is 0.143. The highest BCUT2D eigenvalue weighted by molar-refractivity contribution is 7.90. The second kappa shape index (κ2) is 8.59. The van der Waals surface area contributed by atoms with E-state index in [4.69, 9.17) is 4.74 Å². The summed E-state index contributed by atoms with van der Waals surface area (Å²) in [7, 11) is -3.59. The molecule has 6 nitrogen and oxygen atoms in total. The number of ether oxygens (including phenoxy) is 1. The molecule has 3 aromatic rings. The highest BCUT2D eigenvalue weighted by Gasteiger charge is 2.23. The van der Waals surface area contributed by atoms with Crippen LogP contribution in [0.25, 0.3) is 10.4 Å².